The van der Waals surface area contributed by atoms with Gasteiger partial charge in [-0.05, 0) is 67.2 Å². The van der Waals surface area contributed by atoms with Crippen molar-refractivity contribution in [2.75, 3.05) is 6.26 Å². The molecule has 1 aromatic rings. The van der Waals surface area contributed by atoms with Gasteiger partial charge in [-0.25, -0.2) is 0 Å². The molecule has 2 aliphatic carbocycles. The van der Waals surface area contributed by atoms with E-state index in [4.69, 9.17) is 0 Å². The van der Waals surface area contributed by atoms with Crippen LogP contribution in [0.5, 0.6) is 0 Å². The Morgan fingerprint density at radius 3 is 2.68 bits per heavy atom. The summed E-state index contributed by atoms with van der Waals surface area (Å²) in [6, 6.07) is 6.13. The molecule has 0 amide bonds. The van der Waals surface area contributed by atoms with E-state index in [1.165, 1.54) is 11.1 Å². The molecule has 4 unspecified atom stereocenters. The highest BCUT2D eigenvalue weighted by atomic mass is 32.2. The summed E-state index contributed by atoms with van der Waals surface area (Å²) in [6.07, 6.45) is 6.28. The average molecular weight is 320 g/mol. The Kier molecular flexibility index (Phi) is 3.71. The van der Waals surface area contributed by atoms with Crippen LogP contribution in [0, 0.1) is 11.3 Å². The number of carbonyl (C=O) groups is 1. The van der Waals surface area contributed by atoms with Gasteiger partial charge in [-0.15, -0.1) is 0 Å². The van der Waals surface area contributed by atoms with Crippen LogP contribution in [0.1, 0.15) is 50.7 Å². The van der Waals surface area contributed by atoms with E-state index in [1.54, 1.807) is 6.26 Å². The third-order valence-electron chi connectivity index (χ3n) is 6.15. The molecule has 120 valence electrons. The van der Waals surface area contributed by atoms with E-state index in [0.717, 1.165) is 37.0 Å². The third-order valence-corrected chi connectivity index (χ3v) is 7.07. The van der Waals surface area contributed by atoms with E-state index in [9.17, 15) is 14.1 Å². The number of aliphatic carboxylic acids is 1. The summed E-state index contributed by atoms with van der Waals surface area (Å²) in [7, 11) is -1.00. The molecule has 0 aliphatic heterocycles. The van der Waals surface area contributed by atoms with Gasteiger partial charge < -0.3 is 5.11 Å². The molecular formula is C18H24O3S. The molecule has 2 aliphatic rings. The van der Waals surface area contributed by atoms with Crippen LogP contribution >= 0.6 is 0 Å². The number of benzene rings is 1. The van der Waals surface area contributed by atoms with Crippen LogP contribution in [0.2, 0.25) is 0 Å². The summed E-state index contributed by atoms with van der Waals surface area (Å²) in [6.45, 7) is 4.14. The Labute approximate surface area is 134 Å². The van der Waals surface area contributed by atoms with E-state index < -0.39 is 22.2 Å². The van der Waals surface area contributed by atoms with Crippen molar-refractivity contribution in [1.82, 2.24) is 0 Å². The first-order chi connectivity index (χ1) is 10.3. The Balaban J connectivity index is 2.14. The Hall–Kier alpha value is -1.16. The van der Waals surface area contributed by atoms with Crippen molar-refractivity contribution in [3.05, 3.63) is 29.3 Å². The SMILES string of the molecule is CS(=O)c1ccc2c(c1)C1(C)CCCC(C)(C(=O)O)C1CC2. The van der Waals surface area contributed by atoms with Gasteiger partial charge in [-0.2, -0.15) is 0 Å². The van der Waals surface area contributed by atoms with Crippen molar-refractivity contribution in [2.24, 2.45) is 11.3 Å². The van der Waals surface area contributed by atoms with Crippen LogP contribution in [0.25, 0.3) is 0 Å². The minimum Gasteiger partial charge on any atom is -0.481 e. The predicted molar refractivity (Wildman–Crippen MR) is 87.5 cm³/mol. The number of hydrogen-bond acceptors (Lipinski definition) is 2. The van der Waals surface area contributed by atoms with Crippen molar-refractivity contribution >= 4 is 16.8 Å². The van der Waals surface area contributed by atoms with Gasteiger partial charge in [0.1, 0.15) is 0 Å². The van der Waals surface area contributed by atoms with Crippen molar-refractivity contribution in [3.63, 3.8) is 0 Å². The van der Waals surface area contributed by atoms with E-state index in [0.29, 0.717) is 0 Å². The first-order valence-electron chi connectivity index (χ1n) is 7.99. The highest BCUT2D eigenvalue weighted by molar-refractivity contribution is 7.84. The van der Waals surface area contributed by atoms with Crippen LogP contribution in [0.3, 0.4) is 0 Å². The molecule has 0 aromatic heterocycles. The number of fused-ring (bicyclic) bond motifs is 3. The van der Waals surface area contributed by atoms with Crippen molar-refractivity contribution in [1.29, 1.82) is 0 Å². The highest BCUT2D eigenvalue weighted by Gasteiger charge is 2.55. The lowest BCUT2D eigenvalue weighted by Gasteiger charge is -2.53. The minimum atomic E-state index is -1.00. The van der Waals surface area contributed by atoms with Crippen LogP contribution in [0.15, 0.2) is 23.1 Å². The van der Waals surface area contributed by atoms with E-state index in [1.807, 2.05) is 13.0 Å². The summed E-state index contributed by atoms with van der Waals surface area (Å²) >= 11 is 0. The largest absolute Gasteiger partial charge is 0.481 e. The lowest BCUT2D eigenvalue weighted by Crippen LogP contribution is -2.52. The number of carboxylic acid groups (broad SMARTS) is 1. The number of hydrogen-bond donors (Lipinski definition) is 1. The first-order valence-corrected chi connectivity index (χ1v) is 9.55. The molecule has 22 heavy (non-hydrogen) atoms. The fourth-order valence-electron chi connectivity index (χ4n) is 4.87. The van der Waals surface area contributed by atoms with Gasteiger partial charge in [-0.3, -0.25) is 9.00 Å². The van der Waals surface area contributed by atoms with Gasteiger partial charge in [0.2, 0.25) is 0 Å². The number of aryl methyl sites for hydroxylation is 1. The lowest BCUT2D eigenvalue weighted by atomic mass is 9.50. The monoisotopic (exact) mass is 320 g/mol. The van der Waals surface area contributed by atoms with Gasteiger partial charge in [-0.1, -0.05) is 19.4 Å². The van der Waals surface area contributed by atoms with E-state index in [-0.39, 0.29) is 11.3 Å². The quantitative estimate of drug-likeness (QED) is 0.907. The fraction of sp³-hybridized carbons (Fsp3) is 0.611. The third kappa shape index (κ3) is 2.15. The van der Waals surface area contributed by atoms with E-state index >= 15 is 0 Å². The molecule has 3 nitrogen and oxygen atoms in total. The Bertz CT molecular complexity index is 654. The standard InChI is InChI=1S/C18H24O3S/c1-17-9-4-10-18(2,16(19)20)15(17)8-6-12-5-7-13(22(3)21)11-14(12)17/h5,7,11,15H,4,6,8-10H2,1-3H3,(H,19,20). The fourth-order valence-corrected chi connectivity index (χ4v) is 5.42. The molecule has 0 spiro atoms. The van der Waals surface area contributed by atoms with Crippen LogP contribution in [-0.2, 0) is 27.4 Å². The maximum atomic E-state index is 11.9. The highest BCUT2D eigenvalue weighted by Crippen LogP contribution is 2.57. The topological polar surface area (TPSA) is 54.4 Å². The molecule has 1 fully saturated rings. The summed E-state index contributed by atoms with van der Waals surface area (Å²) in [4.78, 5) is 12.8. The Morgan fingerprint density at radius 2 is 2.05 bits per heavy atom. The maximum Gasteiger partial charge on any atom is 0.309 e. The normalized spacial score (nSPS) is 35.3. The molecule has 1 saturated carbocycles. The number of rotatable bonds is 2. The molecule has 0 saturated heterocycles. The zero-order valence-electron chi connectivity index (χ0n) is 13.5. The van der Waals surface area contributed by atoms with Gasteiger partial charge in [0.25, 0.3) is 0 Å². The van der Waals surface area contributed by atoms with Gasteiger partial charge in [0, 0.05) is 22.0 Å². The minimum absolute atomic E-state index is 0.117. The van der Waals surface area contributed by atoms with Gasteiger partial charge in [0.05, 0.1) is 5.41 Å². The van der Waals surface area contributed by atoms with Crippen molar-refractivity contribution < 1.29 is 14.1 Å². The molecule has 0 bridgehead atoms. The van der Waals surface area contributed by atoms with E-state index in [2.05, 4.69) is 19.1 Å². The molecule has 1 N–H and O–H groups in total. The summed E-state index contributed by atoms with van der Waals surface area (Å²) in [5.74, 6) is -0.513. The average Bonchev–Trinajstić information content (AvgIpc) is 2.46. The van der Waals surface area contributed by atoms with Crippen LogP contribution < -0.4 is 0 Å². The predicted octanol–water partition coefficient (Wildman–Crippen LogP) is 3.52. The zero-order chi connectivity index (χ0) is 16.1. The second kappa shape index (κ2) is 5.19. The molecule has 4 atom stereocenters. The second-order valence-electron chi connectivity index (χ2n) is 7.36. The lowest BCUT2D eigenvalue weighted by molar-refractivity contribution is -0.157. The van der Waals surface area contributed by atoms with Crippen molar-refractivity contribution in [3.8, 4) is 0 Å². The second-order valence-corrected chi connectivity index (χ2v) is 8.74. The van der Waals surface area contributed by atoms with Gasteiger partial charge in [0.15, 0.2) is 0 Å². The van der Waals surface area contributed by atoms with Crippen molar-refractivity contribution in [2.45, 2.75) is 56.3 Å². The van der Waals surface area contributed by atoms with Crippen LogP contribution in [-0.4, -0.2) is 21.5 Å². The summed E-state index contributed by atoms with van der Waals surface area (Å²) < 4.78 is 11.8. The smallest absolute Gasteiger partial charge is 0.309 e. The molecule has 4 heteroatoms. The summed E-state index contributed by atoms with van der Waals surface area (Å²) in [5.41, 5.74) is 1.78. The summed E-state index contributed by atoms with van der Waals surface area (Å²) in [5, 5.41) is 9.79. The maximum absolute atomic E-state index is 11.9. The number of carboxylic acids is 1. The van der Waals surface area contributed by atoms with Gasteiger partial charge >= 0.3 is 5.97 Å². The Morgan fingerprint density at radius 1 is 1.32 bits per heavy atom. The molecule has 3 rings (SSSR count). The van der Waals surface area contributed by atoms with Crippen LogP contribution in [0.4, 0.5) is 0 Å². The molecule has 0 heterocycles. The molecule has 1 aromatic carbocycles. The zero-order valence-corrected chi connectivity index (χ0v) is 14.3. The molecular weight excluding hydrogens is 296 g/mol. The first kappa shape index (κ1) is 15.7. The molecule has 0 radical (unpaired) electrons.